The number of aromatic nitrogens is 1. The van der Waals surface area contributed by atoms with Crippen LogP contribution in [0, 0.1) is 6.92 Å². The number of rotatable bonds is 1. The molecule has 0 radical (unpaired) electrons. The fourth-order valence-electron chi connectivity index (χ4n) is 2.06. The molecule has 2 rings (SSSR count). The average molecular weight is 193 g/mol. The first-order valence-corrected chi connectivity index (χ1v) is 4.85. The number of nitrogens with one attached hydrogen (secondary N) is 1. The quantitative estimate of drug-likeness (QED) is 0.686. The van der Waals surface area contributed by atoms with Crippen molar-refractivity contribution >= 4 is 5.82 Å². The van der Waals surface area contributed by atoms with E-state index in [1.54, 1.807) is 10.6 Å². The Balaban J connectivity index is 2.72. The third kappa shape index (κ3) is 1.23. The molecule has 14 heavy (non-hydrogen) atoms. The minimum atomic E-state index is -0.0394. The highest BCUT2D eigenvalue weighted by molar-refractivity contribution is 5.52. The lowest BCUT2D eigenvalue weighted by atomic mass is 10.0. The summed E-state index contributed by atoms with van der Waals surface area (Å²) in [6.07, 6.45) is 0. The molecule has 1 unspecified atom stereocenters. The van der Waals surface area contributed by atoms with E-state index in [4.69, 9.17) is 5.73 Å². The van der Waals surface area contributed by atoms with E-state index in [-0.39, 0.29) is 11.6 Å². The Morgan fingerprint density at radius 2 is 2.36 bits per heavy atom. The lowest BCUT2D eigenvalue weighted by molar-refractivity contribution is 0.743. The molecule has 1 aliphatic rings. The van der Waals surface area contributed by atoms with Gasteiger partial charge in [0, 0.05) is 30.8 Å². The lowest BCUT2D eigenvalue weighted by Crippen LogP contribution is -2.21. The summed E-state index contributed by atoms with van der Waals surface area (Å²) >= 11 is 0. The molecular formula is C10H15N3O. The molecule has 76 valence electrons. The smallest absolute Gasteiger partial charge is 0.252 e. The van der Waals surface area contributed by atoms with Crippen LogP contribution < -0.4 is 16.6 Å². The highest BCUT2D eigenvalue weighted by Gasteiger charge is 2.19. The highest BCUT2D eigenvalue weighted by Crippen LogP contribution is 2.25. The summed E-state index contributed by atoms with van der Waals surface area (Å²) in [7, 11) is 0. The monoisotopic (exact) mass is 193 g/mol. The number of aryl methyl sites for hydroxylation is 1. The summed E-state index contributed by atoms with van der Waals surface area (Å²) in [6, 6.07) is 1.62. The molecule has 0 aromatic carbocycles. The van der Waals surface area contributed by atoms with Crippen LogP contribution in [0.3, 0.4) is 0 Å². The van der Waals surface area contributed by atoms with Crippen LogP contribution in [0.1, 0.15) is 24.1 Å². The summed E-state index contributed by atoms with van der Waals surface area (Å²) in [4.78, 5) is 11.6. The van der Waals surface area contributed by atoms with Crippen molar-refractivity contribution in [3.8, 4) is 0 Å². The number of pyridine rings is 1. The van der Waals surface area contributed by atoms with Gasteiger partial charge in [-0.3, -0.25) is 9.36 Å². The molecule has 0 saturated carbocycles. The number of hydrogen-bond acceptors (Lipinski definition) is 3. The number of nitrogens with zero attached hydrogens (tertiary/aromatic N) is 1. The van der Waals surface area contributed by atoms with Crippen molar-refractivity contribution in [1.82, 2.24) is 4.57 Å². The van der Waals surface area contributed by atoms with Gasteiger partial charge in [0.15, 0.2) is 0 Å². The first kappa shape index (κ1) is 9.27. The van der Waals surface area contributed by atoms with Gasteiger partial charge in [0.2, 0.25) is 0 Å². The number of hydrogen-bond donors (Lipinski definition) is 2. The van der Waals surface area contributed by atoms with E-state index in [0.29, 0.717) is 0 Å². The SMILES string of the molecule is Cc1cc(=O)n2c(c1C(C)N)NCC2. The molecule has 0 fully saturated rings. The summed E-state index contributed by atoms with van der Waals surface area (Å²) in [5.74, 6) is 0.907. The van der Waals surface area contributed by atoms with Gasteiger partial charge in [0.25, 0.3) is 5.56 Å². The molecule has 1 atom stereocenters. The molecule has 0 amide bonds. The third-order valence-electron chi connectivity index (χ3n) is 2.64. The Morgan fingerprint density at radius 1 is 1.64 bits per heavy atom. The van der Waals surface area contributed by atoms with E-state index in [2.05, 4.69) is 5.32 Å². The summed E-state index contributed by atoms with van der Waals surface area (Å²) in [5.41, 5.74) is 7.98. The van der Waals surface area contributed by atoms with E-state index in [1.807, 2.05) is 13.8 Å². The molecule has 1 aromatic rings. The lowest BCUT2D eigenvalue weighted by Gasteiger charge is -2.15. The van der Waals surface area contributed by atoms with Crippen molar-refractivity contribution in [2.75, 3.05) is 11.9 Å². The molecular weight excluding hydrogens is 178 g/mol. The fraction of sp³-hybridized carbons (Fsp3) is 0.500. The Labute approximate surface area is 82.7 Å². The van der Waals surface area contributed by atoms with E-state index < -0.39 is 0 Å². The number of fused-ring (bicyclic) bond motifs is 1. The number of anilines is 1. The fourth-order valence-corrected chi connectivity index (χ4v) is 2.06. The van der Waals surface area contributed by atoms with Gasteiger partial charge in [0.1, 0.15) is 5.82 Å². The average Bonchev–Trinajstić information content (AvgIpc) is 2.51. The van der Waals surface area contributed by atoms with Gasteiger partial charge in [-0.05, 0) is 19.4 Å². The van der Waals surface area contributed by atoms with E-state index in [9.17, 15) is 4.79 Å². The van der Waals surface area contributed by atoms with Crippen LogP contribution in [-0.4, -0.2) is 11.1 Å². The molecule has 0 spiro atoms. The molecule has 4 heteroatoms. The highest BCUT2D eigenvalue weighted by atomic mass is 16.1. The second kappa shape index (κ2) is 3.13. The van der Waals surface area contributed by atoms with Crippen LogP contribution in [0.5, 0.6) is 0 Å². The molecule has 1 aromatic heterocycles. The van der Waals surface area contributed by atoms with Crippen molar-refractivity contribution < 1.29 is 0 Å². The maximum atomic E-state index is 11.6. The third-order valence-corrected chi connectivity index (χ3v) is 2.64. The first-order chi connectivity index (χ1) is 6.61. The van der Waals surface area contributed by atoms with Gasteiger partial charge in [-0.15, -0.1) is 0 Å². The second-order valence-electron chi connectivity index (χ2n) is 3.79. The molecule has 0 saturated heterocycles. The van der Waals surface area contributed by atoms with Crippen LogP contribution >= 0.6 is 0 Å². The van der Waals surface area contributed by atoms with Gasteiger partial charge >= 0.3 is 0 Å². The topological polar surface area (TPSA) is 60.0 Å². The number of nitrogens with two attached hydrogens (primary N) is 1. The van der Waals surface area contributed by atoms with Gasteiger partial charge in [-0.25, -0.2) is 0 Å². The minimum absolute atomic E-state index is 0.0394. The second-order valence-corrected chi connectivity index (χ2v) is 3.79. The largest absolute Gasteiger partial charge is 0.369 e. The maximum absolute atomic E-state index is 11.6. The predicted molar refractivity (Wildman–Crippen MR) is 56.5 cm³/mol. The van der Waals surface area contributed by atoms with Crippen LogP contribution in [0.25, 0.3) is 0 Å². The zero-order chi connectivity index (χ0) is 10.3. The zero-order valence-corrected chi connectivity index (χ0v) is 8.50. The van der Waals surface area contributed by atoms with Crippen LogP contribution in [0.15, 0.2) is 10.9 Å². The van der Waals surface area contributed by atoms with E-state index in [1.165, 1.54) is 0 Å². The van der Waals surface area contributed by atoms with Crippen LogP contribution in [-0.2, 0) is 6.54 Å². The summed E-state index contributed by atoms with van der Waals surface area (Å²) < 4.78 is 1.76. The van der Waals surface area contributed by atoms with Crippen molar-refractivity contribution in [3.05, 3.63) is 27.5 Å². The van der Waals surface area contributed by atoms with Crippen molar-refractivity contribution in [1.29, 1.82) is 0 Å². The first-order valence-electron chi connectivity index (χ1n) is 4.85. The summed E-state index contributed by atoms with van der Waals surface area (Å²) in [5, 5.41) is 3.21. The molecule has 2 heterocycles. The van der Waals surface area contributed by atoms with Gasteiger partial charge in [-0.1, -0.05) is 0 Å². The molecule has 4 nitrogen and oxygen atoms in total. The zero-order valence-electron chi connectivity index (χ0n) is 8.50. The Kier molecular flexibility index (Phi) is 2.07. The Morgan fingerprint density at radius 3 is 3.00 bits per heavy atom. The molecule has 0 bridgehead atoms. The van der Waals surface area contributed by atoms with Gasteiger partial charge in [0.05, 0.1) is 0 Å². The standard InChI is InChI=1S/C10H15N3O/c1-6-5-8(14)13-4-3-12-10(13)9(6)7(2)11/h5,7,12H,3-4,11H2,1-2H3. The molecule has 3 N–H and O–H groups in total. The Hall–Kier alpha value is -1.29. The molecule has 1 aliphatic heterocycles. The van der Waals surface area contributed by atoms with Crippen molar-refractivity contribution in [3.63, 3.8) is 0 Å². The van der Waals surface area contributed by atoms with Crippen molar-refractivity contribution in [2.24, 2.45) is 5.73 Å². The predicted octanol–water partition coefficient (Wildman–Crippen LogP) is 0.602. The normalized spacial score (nSPS) is 16.2. The maximum Gasteiger partial charge on any atom is 0.252 e. The minimum Gasteiger partial charge on any atom is -0.369 e. The summed E-state index contributed by atoms with van der Waals surface area (Å²) in [6.45, 7) is 5.43. The van der Waals surface area contributed by atoms with E-state index >= 15 is 0 Å². The van der Waals surface area contributed by atoms with E-state index in [0.717, 1.165) is 30.0 Å². The van der Waals surface area contributed by atoms with Gasteiger partial charge in [-0.2, -0.15) is 0 Å². The van der Waals surface area contributed by atoms with Gasteiger partial charge < -0.3 is 11.1 Å². The Bertz CT molecular complexity index is 420. The van der Waals surface area contributed by atoms with Crippen LogP contribution in [0.2, 0.25) is 0 Å². The van der Waals surface area contributed by atoms with Crippen LogP contribution in [0.4, 0.5) is 5.82 Å². The molecule has 0 aliphatic carbocycles. The van der Waals surface area contributed by atoms with Crippen molar-refractivity contribution in [2.45, 2.75) is 26.4 Å².